The van der Waals surface area contributed by atoms with Gasteiger partial charge in [-0.05, 0) is 31.5 Å². The van der Waals surface area contributed by atoms with Crippen molar-refractivity contribution in [2.75, 3.05) is 19.0 Å². The summed E-state index contributed by atoms with van der Waals surface area (Å²) < 4.78 is 6.67. The lowest BCUT2D eigenvalue weighted by Crippen LogP contribution is -2.45. The highest BCUT2D eigenvalue weighted by Gasteiger charge is 2.18. The highest BCUT2D eigenvalue weighted by Crippen LogP contribution is 2.17. The molecule has 0 spiro atoms. The summed E-state index contributed by atoms with van der Waals surface area (Å²) in [6.07, 6.45) is 1.01. The summed E-state index contributed by atoms with van der Waals surface area (Å²) >= 11 is 9.33. The first kappa shape index (κ1) is 14.8. The number of hydrogen-bond donors (Lipinski definition) is 1. The van der Waals surface area contributed by atoms with Crippen LogP contribution in [-0.2, 0) is 0 Å². The van der Waals surface area contributed by atoms with E-state index < -0.39 is 0 Å². The van der Waals surface area contributed by atoms with E-state index in [9.17, 15) is 0 Å². The molecule has 1 N–H and O–H groups in total. The molecular weight excluding hydrogens is 302 g/mol. The fourth-order valence-corrected chi connectivity index (χ4v) is 2.01. The molecule has 2 nitrogen and oxygen atoms in total. The Morgan fingerprint density at radius 1 is 1.47 bits per heavy atom. The van der Waals surface area contributed by atoms with Crippen LogP contribution in [0.4, 0.5) is 0 Å². The second kappa shape index (κ2) is 7.24. The van der Waals surface area contributed by atoms with Crippen LogP contribution in [0.25, 0.3) is 0 Å². The first-order valence-electron chi connectivity index (χ1n) is 5.79. The maximum absolute atomic E-state index is 5.92. The molecule has 0 aromatic heterocycles. The van der Waals surface area contributed by atoms with Crippen molar-refractivity contribution in [3.8, 4) is 5.75 Å². The van der Waals surface area contributed by atoms with E-state index in [-0.39, 0.29) is 5.54 Å². The Hall–Kier alpha value is -0.250. The Bertz CT molecular complexity index is 342. The molecule has 0 heterocycles. The summed E-state index contributed by atoms with van der Waals surface area (Å²) in [5, 5.41) is 3.41. The lowest BCUT2D eigenvalue weighted by atomic mass is 10.0. The molecule has 0 saturated carbocycles. The third-order valence-electron chi connectivity index (χ3n) is 2.79. The summed E-state index contributed by atoms with van der Waals surface area (Å²) in [5.74, 6) is 1.49. The van der Waals surface area contributed by atoms with Crippen molar-refractivity contribution in [1.82, 2.24) is 5.32 Å². The quantitative estimate of drug-likeness (QED) is 0.609. The predicted octanol–water partition coefficient (Wildman–Crippen LogP) is 3.83. The zero-order chi connectivity index (χ0) is 12.7. The van der Waals surface area contributed by atoms with Crippen LogP contribution in [-0.4, -0.2) is 24.6 Å². The van der Waals surface area contributed by atoms with E-state index in [1.165, 1.54) is 0 Å². The molecule has 1 atom stereocenters. The van der Waals surface area contributed by atoms with Gasteiger partial charge >= 0.3 is 0 Å². The van der Waals surface area contributed by atoms with Crippen molar-refractivity contribution < 1.29 is 4.74 Å². The minimum atomic E-state index is 0.00217. The molecule has 1 aromatic rings. The topological polar surface area (TPSA) is 21.3 Å². The summed E-state index contributed by atoms with van der Waals surface area (Å²) in [7, 11) is 0. The normalized spacial score (nSPS) is 14.4. The van der Waals surface area contributed by atoms with E-state index in [0.717, 1.165) is 23.2 Å². The number of alkyl halides is 1. The molecule has 0 radical (unpaired) electrons. The summed E-state index contributed by atoms with van der Waals surface area (Å²) in [6.45, 7) is 5.69. The van der Waals surface area contributed by atoms with E-state index in [4.69, 9.17) is 16.3 Å². The van der Waals surface area contributed by atoms with E-state index in [1.54, 1.807) is 0 Å². The predicted molar refractivity (Wildman–Crippen MR) is 77.1 cm³/mol. The molecule has 96 valence electrons. The summed E-state index contributed by atoms with van der Waals surface area (Å²) in [4.78, 5) is 0. The van der Waals surface area contributed by atoms with Gasteiger partial charge in [-0.1, -0.05) is 28.9 Å². The van der Waals surface area contributed by atoms with Gasteiger partial charge in [0.2, 0.25) is 0 Å². The second-order valence-corrected chi connectivity index (χ2v) is 5.46. The van der Waals surface area contributed by atoms with Crippen LogP contribution in [0.2, 0.25) is 0 Å². The molecule has 1 unspecified atom stereocenters. The molecule has 0 aliphatic heterocycles. The van der Waals surface area contributed by atoms with Crippen LogP contribution in [0.15, 0.2) is 28.7 Å². The molecule has 0 saturated heterocycles. The molecule has 17 heavy (non-hydrogen) atoms. The largest absolute Gasteiger partial charge is 0.492 e. The van der Waals surface area contributed by atoms with Gasteiger partial charge in [0, 0.05) is 22.4 Å². The molecule has 0 aliphatic carbocycles. The lowest BCUT2D eigenvalue weighted by Gasteiger charge is -2.27. The third kappa shape index (κ3) is 5.28. The Labute approximate surface area is 117 Å². The maximum Gasteiger partial charge on any atom is 0.120 e. The maximum atomic E-state index is 5.92. The van der Waals surface area contributed by atoms with Crippen LogP contribution in [0.5, 0.6) is 5.75 Å². The van der Waals surface area contributed by atoms with E-state index in [0.29, 0.717) is 12.5 Å². The number of benzene rings is 1. The Morgan fingerprint density at radius 2 is 2.24 bits per heavy atom. The highest BCUT2D eigenvalue weighted by atomic mass is 79.9. The SMILES string of the molecule is CCC(C)(CCl)NCCOc1cccc(Br)c1. The first-order valence-corrected chi connectivity index (χ1v) is 7.12. The molecule has 0 aliphatic rings. The van der Waals surface area contributed by atoms with Gasteiger partial charge in [0.05, 0.1) is 0 Å². The van der Waals surface area contributed by atoms with Gasteiger partial charge in [-0.2, -0.15) is 0 Å². The average Bonchev–Trinajstić information content (AvgIpc) is 2.34. The van der Waals surface area contributed by atoms with Gasteiger partial charge in [0.25, 0.3) is 0 Å². The lowest BCUT2D eigenvalue weighted by molar-refractivity contribution is 0.282. The minimum absolute atomic E-state index is 0.00217. The number of rotatable bonds is 7. The Morgan fingerprint density at radius 3 is 2.82 bits per heavy atom. The van der Waals surface area contributed by atoms with Gasteiger partial charge in [0.15, 0.2) is 0 Å². The molecular formula is C13H19BrClNO. The van der Waals surface area contributed by atoms with Gasteiger partial charge in [-0.25, -0.2) is 0 Å². The van der Waals surface area contributed by atoms with Crippen molar-refractivity contribution in [2.24, 2.45) is 0 Å². The van der Waals surface area contributed by atoms with Crippen molar-refractivity contribution in [1.29, 1.82) is 0 Å². The van der Waals surface area contributed by atoms with Crippen LogP contribution in [0, 0.1) is 0 Å². The average molecular weight is 321 g/mol. The summed E-state index contributed by atoms with van der Waals surface area (Å²) in [5.41, 5.74) is 0.00217. The smallest absolute Gasteiger partial charge is 0.120 e. The zero-order valence-electron chi connectivity index (χ0n) is 10.3. The zero-order valence-corrected chi connectivity index (χ0v) is 12.6. The summed E-state index contributed by atoms with van der Waals surface area (Å²) in [6, 6.07) is 7.85. The van der Waals surface area contributed by atoms with E-state index in [2.05, 4.69) is 35.1 Å². The molecule has 0 bridgehead atoms. The van der Waals surface area contributed by atoms with Crippen LogP contribution < -0.4 is 10.1 Å². The number of hydrogen-bond acceptors (Lipinski definition) is 2. The van der Waals surface area contributed by atoms with Crippen LogP contribution in [0.1, 0.15) is 20.3 Å². The van der Waals surface area contributed by atoms with Gasteiger partial charge in [0.1, 0.15) is 12.4 Å². The van der Waals surface area contributed by atoms with E-state index >= 15 is 0 Å². The Balaban J connectivity index is 2.29. The standard InChI is InChI=1S/C13H19BrClNO/c1-3-13(2,10-15)16-7-8-17-12-6-4-5-11(14)9-12/h4-6,9,16H,3,7-8,10H2,1-2H3. The van der Waals surface area contributed by atoms with Crippen LogP contribution >= 0.6 is 27.5 Å². The van der Waals surface area contributed by atoms with Crippen molar-refractivity contribution in [3.63, 3.8) is 0 Å². The minimum Gasteiger partial charge on any atom is -0.492 e. The molecule has 0 amide bonds. The van der Waals surface area contributed by atoms with Crippen molar-refractivity contribution in [3.05, 3.63) is 28.7 Å². The fraction of sp³-hybridized carbons (Fsp3) is 0.538. The highest BCUT2D eigenvalue weighted by molar-refractivity contribution is 9.10. The van der Waals surface area contributed by atoms with E-state index in [1.807, 2.05) is 24.3 Å². The van der Waals surface area contributed by atoms with Gasteiger partial charge in [-0.3, -0.25) is 0 Å². The van der Waals surface area contributed by atoms with Gasteiger partial charge < -0.3 is 10.1 Å². The number of ether oxygens (including phenoxy) is 1. The second-order valence-electron chi connectivity index (χ2n) is 4.28. The third-order valence-corrected chi connectivity index (χ3v) is 3.88. The molecule has 0 fully saturated rings. The number of halogens is 2. The van der Waals surface area contributed by atoms with Crippen molar-refractivity contribution in [2.45, 2.75) is 25.8 Å². The molecule has 1 rings (SSSR count). The number of nitrogens with one attached hydrogen (secondary N) is 1. The van der Waals surface area contributed by atoms with Crippen molar-refractivity contribution >= 4 is 27.5 Å². The molecule has 4 heteroatoms. The molecule has 1 aromatic carbocycles. The first-order chi connectivity index (χ1) is 8.09. The van der Waals surface area contributed by atoms with Gasteiger partial charge in [-0.15, -0.1) is 11.6 Å². The Kier molecular flexibility index (Phi) is 6.31. The van der Waals surface area contributed by atoms with Crippen LogP contribution in [0.3, 0.4) is 0 Å². The fourth-order valence-electron chi connectivity index (χ4n) is 1.35. The monoisotopic (exact) mass is 319 g/mol.